The minimum Gasteiger partial charge on any atom is -0.379 e. The number of hydrogen-bond donors (Lipinski definition) is 0. The molecule has 112 valence electrons. The summed E-state index contributed by atoms with van der Waals surface area (Å²) in [5.41, 5.74) is 0. The van der Waals surface area contributed by atoms with Crippen LogP contribution < -0.4 is 0 Å². The van der Waals surface area contributed by atoms with Crippen molar-refractivity contribution in [2.75, 3.05) is 32.8 Å². The maximum absolute atomic E-state index is 12.7. The van der Waals surface area contributed by atoms with E-state index >= 15 is 0 Å². The molecule has 7 nitrogen and oxygen atoms in total. The summed E-state index contributed by atoms with van der Waals surface area (Å²) in [5, 5.41) is 0. The van der Waals surface area contributed by atoms with Crippen molar-refractivity contribution in [2.24, 2.45) is 0 Å². The maximum Gasteiger partial charge on any atom is 0.282 e. The molecule has 8 heteroatoms. The van der Waals surface area contributed by atoms with Gasteiger partial charge in [-0.3, -0.25) is 0 Å². The summed E-state index contributed by atoms with van der Waals surface area (Å²) in [4.78, 5) is 4.01. The molecule has 0 amide bonds. The number of rotatable bonds is 4. The molecule has 2 saturated heterocycles. The van der Waals surface area contributed by atoms with Crippen LogP contribution in [-0.2, 0) is 21.5 Å². The van der Waals surface area contributed by atoms with Crippen LogP contribution in [0, 0.1) is 0 Å². The van der Waals surface area contributed by atoms with E-state index in [0.29, 0.717) is 39.4 Å². The first-order valence-electron chi connectivity index (χ1n) is 6.98. The fourth-order valence-corrected chi connectivity index (χ4v) is 4.67. The highest BCUT2D eigenvalue weighted by Crippen LogP contribution is 2.25. The lowest BCUT2D eigenvalue weighted by molar-refractivity contribution is 0.0697. The fourth-order valence-electron chi connectivity index (χ4n) is 2.86. The first-order chi connectivity index (χ1) is 9.68. The Morgan fingerprint density at radius 2 is 2.05 bits per heavy atom. The normalized spacial score (nSPS) is 26.1. The Morgan fingerprint density at radius 1 is 1.25 bits per heavy atom. The lowest BCUT2D eigenvalue weighted by Gasteiger charge is -2.33. The summed E-state index contributed by atoms with van der Waals surface area (Å²) in [6.45, 7) is 3.16. The van der Waals surface area contributed by atoms with Gasteiger partial charge in [-0.25, -0.2) is 4.98 Å². The average molecular weight is 300 g/mol. The monoisotopic (exact) mass is 300 g/mol. The molecular formula is C12H20N4O3S. The van der Waals surface area contributed by atoms with Gasteiger partial charge in [0.25, 0.3) is 10.2 Å². The molecule has 2 fully saturated rings. The van der Waals surface area contributed by atoms with Gasteiger partial charge in [-0.05, 0) is 12.8 Å². The second kappa shape index (κ2) is 5.80. The molecule has 2 aliphatic rings. The first-order valence-corrected chi connectivity index (χ1v) is 8.38. The maximum atomic E-state index is 12.7. The van der Waals surface area contributed by atoms with Crippen LogP contribution in [0.4, 0.5) is 0 Å². The van der Waals surface area contributed by atoms with Gasteiger partial charge in [0, 0.05) is 44.6 Å². The van der Waals surface area contributed by atoms with Crippen LogP contribution in [0.15, 0.2) is 18.7 Å². The van der Waals surface area contributed by atoms with E-state index in [-0.39, 0.29) is 6.04 Å². The standard InChI is InChI=1S/C12H20N4O3S/c17-20(18,15-6-8-19-9-7-15)16-4-1-2-12(16)10-14-5-3-13-11-14/h3,5,11-12H,1-2,4,6-10H2/t12-/m1/s1. The molecule has 2 aliphatic heterocycles. The van der Waals surface area contributed by atoms with E-state index in [1.807, 2.05) is 10.8 Å². The number of morpholine rings is 1. The minimum atomic E-state index is -3.36. The molecule has 3 heterocycles. The third-order valence-electron chi connectivity index (χ3n) is 3.90. The van der Waals surface area contributed by atoms with Crippen molar-refractivity contribution in [3.8, 4) is 0 Å². The summed E-state index contributed by atoms with van der Waals surface area (Å²) in [7, 11) is -3.36. The van der Waals surface area contributed by atoms with Gasteiger partial charge < -0.3 is 9.30 Å². The molecule has 1 atom stereocenters. The van der Waals surface area contributed by atoms with Gasteiger partial charge in [-0.1, -0.05) is 0 Å². The van der Waals surface area contributed by atoms with Crippen LogP contribution in [0.1, 0.15) is 12.8 Å². The highest BCUT2D eigenvalue weighted by Gasteiger charge is 2.38. The van der Waals surface area contributed by atoms with Gasteiger partial charge in [0.05, 0.1) is 19.5 Å². The van der Waals surface area contributed by atoms with Gasteiger partial charge in [0.15, 0.2) is 0 Å². The first kappa shape index (κ1) is 14.0. The smallest absolute Gasteiger partial charge is 0.282 e. The summed E-state index contributed by atoms with van der Waals surface area (Å²) < 4.78 is 35.8. The van der Waals surface area contributed by atoms with Crippen LogP contribution in [0.25, 0.3) is 0 Å². The van der Waals surface area contributed by atoms with Gasteiger partial charge in [-0.2, -0.15) is 17.0 Å². The third-order valence-corrected chi connectivity index (χ3v) is 5.99. The van der Waals surface area contributed by atoms with E-state index in [9.17, 15) is 8.42 Å². The van der Waals surface area contributed by atoms with E-state index < -0.39 is 10.2 Å². The zero-order chi connectivity index (χ0) is 14.0. The van der Waals surface area contributed by atoms with Gasteiger partial charge >= 0.3 is 0 Å². The Labute approximate surface area is 119 Å². The highest BCUT2D eigenvalue weighted by molar-refractivity contribution is 7.86. The van der Waals surface area contributed by atoms with Crippen molar-refractivity contribution in [3.63, 3.8) is 0 Å². The average Bonchev–Trinajstić information content (AvgIpc) is 3.12. The molecule has 3 rings (SSSR count). The van der Waals surface area contributed by atoms with E-state index in [1.165, 1.54) is 0 Å². The molecule has 1 aromatic heterocycles. The SMILES string of the molecule is O=S(=O)(N1CCOCC1)N1CCC[C@@H]1Cn1ccnc1. The van der Waals surface area contributed by atoms with Crippen LogP contribution in [0.5, 0.6) is 0 Å². The molecule has 0 radical (unpaired) electrons. The molecule has 0 saturated carbocycles. The molecule has 0 spiro atoms. The Balaban J connectivity index is 1.73. The predicted molar refractivity (Wildman–Crippen MR) is 73.3 cm³/mol. The molecule has 0 unspecified atom stereocenters. The zero-order valence-electron chi connectivity index (χ0n) is 11.4. The Kier molecular flexibility index (Phi) is 4.06. The molecule has 1 aromatic rings. The minimum absolute atomic E-state index is 0.0250. The predicted octanol–water partition coefficient (Wildman–Crippen LogP) is -0.0755. The highest BCUT2D eigenvalue weighted by atomic mass is 32.2. The fraction of sp³-hybridized carbons (Fsp3) is 0.750. The van der Waals surface area contributed by atoms with Crippen molar-refractivity contribution >= 4 is 10.2 Å². The van der Waals surface area contributed by atoms with Gasteiger partial charge in [0.1, 0.15) is 0 Å². The van der Waals surface area contributed by atoms with Crippen LogP contribution in [0.2, 0.25) is 0 Å². The van der Waals surface area contributed by atoms with Crippen molar-refractivity contribution in [1.82, 2.24) is 18.2 Å². The molecule has 20 heavy (non-hydrogen) atoms. The van der Waals surface area contributed by atoms with E-state index in [4.69, 9.17) is 4.74 Å². The third kappa shape index (κ3) is 2.73. The lowest BCUT2D eigenvalue weighted by Crippen LogP contribution is -2.50. The molecule has 0 aliphatic carbocycles. The number of ether oxygens (including phenoxy) is 1. The van der Waals surface area contributed by atoms with E-state index in [0.717, 1.165) is 12.8 Å². The second-order valence-corrected chi connectivity index (χ2v) is 7.07. The van der Waals surface area contributed by atoms with Crippen molar-refractivity contribution in [1.29, 1.82) is 0 Å². The summed E-state index contributed by atoms with van der Waals surface area (Å²) in [6.07, 6.45) is 7.15. The van der Waals surface area contributed by atoms with Crippen molar-refractivity contribution < 1.29 is 13.2 Å². The summed E-state index contributed by atoms with van der Waals surface area (Å²) >= 11 is 0. The number of imidazole rings is 1. The molecule has 0 bridgehead atoms. The van der Waals surface area contributed by atoms with Crippen LogP contribution >= 0.6 is 0 Å². The Bertz CT molecular complexity index is 525. The van der Waals surface area contributed by atoms with E-state index in [1.54, 1.807) is 21.1 Å². The number of aromatic nitrogens is 2. The quantitative estimate of drug-likeness (QED) is 0.780. The number of hydrogen-bond acceptors (Lipinski definition) is 4. The molecular weight excluding hydrogens is 280 g/mol. The van der Waals surface area contributed by atoms with Crippen molar-refractivity contribution in [2.45, 2.75) is 25.4 Å². The lowest BCUT2D eigenvalue weighted by atomic mass is 10.2. The Hall–Kier alpha value is -0.960. The molecule has 0 aromatic carbocycles. The second-order valence-electron chi connectivity index (χ2n) is 5.19. The van der Waals surface area contributed by atoms with E-state index in [2.05, 4.69) is 4.98 Å². The van der Waals surface area contributed by atoms with Gasteiger partial charge in [0.2, 0.25) is 0 Å². The van der Waals surface area contributed by atoms with Gasteiger partial charge in [-0.15, -0.1) is 0 Å². The van der Waals surface area contributed by atoms with Crippen LogP contribution in [-0.4, -0.2) is 65.5 Å². The topological polar surface area (TPSA) is 67.7 Å². The largest absolute Gasteiger partial charge is 0.379 e. The summed E-state index contributed by atoms with van der Waals surface area (Å²) in [5.74, 6) is 0. The summed E-state index contributed by atoms with van der Waals surface area (Å²) in [6, 6.07) is 0.0250. The Morgan fingerprint density at radius 3 is 2.75 bits per heavy atom. The number of nitrogens with zero attached hydrogens (tertiary/aromatic N) is 4. The molecule has 0 N–H and O–H groups in total. The van der Waals surface area contributed by atoms with Crippen molar-refractivity contribution in [3.05, 3.63) is 18.7 Å². The van der Waals surface area contributed by atoms with Crippen LogP contribution in [0.3, 0.4) is 0 Å². The zero-order valence-corrected chi connectivity index (χ0v) is 12.2.